The number of aromatic nitrogens is 3. The molecule has 8 nitrogen and oxygen atoms in total. The molecule has 152 valence electrons. The first kappa shape index (κ1) is 19.4. The molecule has 2 aromatic rings. The summed E-state index contributed by atoms with van der Waals surface area (Å²) >= 11 is 0. The van der Waals surface area contributed by atoms with Crippen LogP contribution >= 0.6 is 0 Å². The summed E-state index contributed by atoms with van der Waals surface area (Å²) in [4.78, 5) is 29.5. The van der Waals surface area contributed by atoms with Crippen molar-refractivity contribution in [3.8, 4) is 6.07 Å². The van der Waals surface area contributed by atoms with Gasteiger partial charge in [0.05, 0.1) is 10.9 Å². The van der Waals surface area contributed by atoms with Crippen LogP contribution in [0, 0.1) is 11.3 Å². The van der Waals surface area contributed by atoms with Crippen LogP contribution in [0.2, 0.25) is 0 Å². The Kier molecular flexibility index (Phi) is 5.47. The summed E-state index contributed by atoms with van der Waals surface area (Å²) in [5.41, 5.74) is 0.211. The van der Waals surface area contributed by atoms with E-state index in [-0.39, 0.29) is 40.2 Å². The molecule has 29 heavy (non-hydrogen) atoms. The number of hydrogen-bond acceptors (Lipinski definition) is 7. The van der Waals surface area contributed by atoms with Gasteiger partial charge in [-0.25, -0.2) is 19.1 Å². The van der Waals surface area contributed by atoms with Gasteiger partial charge in [0.15, 0.2) is 5.65 Å². The fraction of sp³-hybridized carbons (Fsp3) is 0.571. The largest absolute Gasteiger partial charge is 0.459 e. The quantitative estimate of drug-likeness (QED) is 0.731. The van der Waals surface area contributed by atoms with E-state index >= 15 is 0 Å². The van der Waals surface area contributed by atoms with E-state index in [2.05, 4.69) is 16.7 Å². The summed E-state index contributed by atoms with van der Waals surface area (Å²) in [5.74, 6) is -1.37. The third-order valence-electron chi connectivity index (χ3n) is 5.78. The third-order valence-corrected chi connectivity index (χ3v) is 5.78. The van der Waals surface area contributed by atoms with E-state index in [0.29, 0.717) is 0 Å². The Morgan fingerprint density at radius 1 is 0.966 bits per heavy atom. The molecular weight excluding hydrogens is 372 g/mol. The molecule has 0 unspecified atom stereocenters. The van der Waals surface area contributed by atoms with Crippen molar-refractivity contribution >= 4 is 24.2 Å². The molecule has 0 aromatic carbocycles. The highest BCUT2D eigenvalue weighted by Gasteiger charge is 2.29. The lowest BCUT2D eigenvalue weighted by Gasteiger charge is -2.21. The Balaban J connectivity index is 1.61. The first-order valence-corrected chi connectivity index (χ1v) is 10.3. The maximum absolute atomic E-state index is 12.8. The summed E-state index contributed by atoms with van der Waals surface area (Å²) < 4.78 is 12.4. The number of nitriles is 1. The van der Waals surface area contributed by atoms with Gasteiger partial charge < -0.3 is 9.47 Å². The Hall–Kier alpha value is -2.95. The predicted molar refractivity (Wildman–Crippen MR) is 103 cm³/mol. The monoisotopic (exact) mass is 396 g/mol. The Labute approximate surface area is 168 Å². The van der Waals surface area contributed by atoms with Gasteiger partial charge in [-0.05, 0) is 51.4 Å². The maximum Gasteiger partial charge on any atom is 0.378 e. The lowest BCUT2D eigenvalue weighted by Crippen LogP contribution is -2.23. The second-order valence-electron chi connectivity index (χ2n) is 7.81. The highest BCUT2D eigenvalue weighted by molar-refractivity contribution is 6.00. The number of hydrogen-bond donors (Lipinski definition) is 0. The summed E-state index contributed by atoms with van der Waals surface area (Å²) in [7, 11) is 0. The second kappa shape index (κ2) is 8.19. The highest BCUT2D eigenvalue weighted by atomic mass is 16.5. The zero-order valence-corrected chi connectivity index (χ0v) is 16.4. The van der Waals surface area contributed by atoms with Crippen LogP contribution in [0.25, 0.3) is 12.2 Å². The smallest absolute Gasteiger partial charge is 0.378 e. The molecule has 4 rings (SSSR count). The molecule has 2 saturated carbocycles. The topological polar surface area (TPSA) is 107 Å². The van der Waals surface area contributed by atoms with Crippen molar-refractivity contribution in [2.45, 2.75) is 76.4 Å². The van der Waals surface area contributed by atoms with E-state index in [0.717, 1.165) is 64.2 Å². The Morgan fingerprint density at radius 2 is 1.52 bits per heavy atom. The molecule has 0 bridgehead atoms. The van der Waals surface area contributed by atoms with Crippen molar-refractivity contribution in [1.29, 1.82) is 5.26 Å². The molecule has 0 spiro atoms. The molecule has 0 saturated heterocycles. The van der Waals surface area contributed by atoms with Crippen LogP contribution < -0.4 is 5.35 Å². The summed E-state index contributed by atoms with van der Waals surface area (Å²) in [6.07, 6.45) is 9.40. The zero-order chi connectivity index (χ0) is 20.4. The van der Waals surface area contributed by atoms with E-state index in [9.17, 15) is 14.9 Å². The van der Waals surface area contributed by atoms with Gasteiger partial charge in [0.1, 0.15) is 23.8 Å². The van der Waals surface area contributed by atoms with Gasteiger partial charge in [0.2, 0.25) is 0 Å². The molecule has 0 aliphatic heterocycles. The van der Waals surface area contributed by atoms with Gasteiger partial charge >= 0.3 is 11.9 Å². The van der Waals surface area contributed by atoms with Gasteiger partial charge in [-0.15, -0.1) is 5.10 Å². The summed E-state index contributed by atoms with van der Waals surface area (Å²) in [6, 6.07) is 1.99. The molecule has 2 aliphatic rings. The number of esters is 2. The minimum absolute atomic E-state index is 0.0206. The van der Waals surface area contributed by atoms with E-state index < -0.39 is 11.9 Å². The normalized spacial score (nSPS) is 18.4. The van der Waals surface area contributed by atoms with Gasteiger partial charge in [0, 0.05) is 0 Å². The number of nitrogens with zero attached hydrogens (tertiary/aromatic N) is 4. The van der Waals surface area contributed by atoms with Gasteiger partial charge in [0.25, 0.3) is 5.82 Å². The SMILES string of the molecule is C=c1c(C#N)c(C(=O)OC2CCCCC2)c2nc(C(=O)OC3CCCCC3)nn12. The number of fused-ring (bicyclic) bond motifs is 1. The summed E-state index contributed by atoms with van der Waals surface area (Å²) in [6.45, 7) is 3.84. The predicted octanol–water partition coefficient (Wildman–Crippen LogP) is 2.71. The van der Waals surface area contributed by atoms with Crippen molar-refractivity contribution in [3.63, 3.8) is 0 Å². The van der Waals surface area contributed by atoms with E-state index in [4.69, 9.17) is 9.47 Å². The van der Waals surface area contributed by atoms with Crippen LogP contribution in [0.3, 0.4) is 0 Å². The van der Waals surface area contributed by atoms with Crippen molar-refractivity contribution in [3.05, 3.63) is 22.3 Å². The molecular formula is C21H24N4O4. The van der Waals surface area contributed by atoms with Crippen LogP contribution in [-0.2, 0) is 9.47 Å². The van der Waals surface area contributed by atoms with E-state index in [1.54, 1.807) is 0 Å². The lowest BCUT2D eigenvalue weighted by molar-refractivity contribution is 0.0191. The van der Waals surface area contributed by atoms with Gasteiger partial charge in [-0.2, -0.15) is 5.26 Å². The van der Waals surface area contributed by atoms with Gasteiger partial charge in [-0.3, -0.25) is 0 Å². The van der Waals surface area contributed by atoms with Crippen molar-refractivity contribution in [2.75, 3.05) is 0 Å². The summed E-state index contributed by atoms with van der Waals surface area (Å²) in [5, 5.41) is 13.9. The molecule has 2 aliphatic carbocycles. The van der Waals surface area contributed by atoms with Crippen LogP contribution in [0.4, 0.5) is 0 Å². The first-order chi connectivity index (χ1) is 14.1. The number of carbonyl (C=O) groups is 2. The van der Waals surface area contributed by atoms with Crippen LogP contribution in [-0.4, -0.2) is 38.7 Å². The maximum atomic E-state index is 12.8. The van der Waals surface area contributed by atoms with Crippen molar-refractivity contribution in [2.24, 2.45) is 0 Å². The second-order valence-corrected chi connectivity index (χ2v) is 7.81. The Morgan fingerprint density at radius 3 is 2.07 bits per heavy atom. The average molecular weight is 396 g/mol. The standard InChI is InChI=1S/C21H24N4O4/c1-13-16(12-22)17(20(26)28-14-8-4-2-5-9-14)19-23-18(24-25(13)19)21(27)29-15-10-6-3-7-11-15/h14-15H,1-11H2. The molecule has 0 amide bonds. The van der Waals surface area contributed by atoms with Gasteiger partial charge in [-0.1, -0.05) is 19.4 Å². The van der Waals surface area contributed by atoms with Crippen LogP contribution in [0.1, 0.15) is 90.7 Å². The van der Waals surface area contributed by atoms with E-state index in [1.807, 2.05) is 6.07 Å². The van der Waals surface area contributed by atoms with E-state index in [1.165, 1.54) is 4.52 Å². The number of ether oxygens (including phenoxy) is 2. The Bertz CT molecular complexity index is 1010. The number of rotatable bonds is 4. The highest BCUT2D eigenvalue weighted by Crippen LogP contribution is 2.24. The van der Waals surface area contributed by atoms with Crippen LogP contribution in [0.5, 0.6) is 0 Å². The first-order valence-electron chi connectivity index (χ1n) is 10.3. The van der Waals surface area contributed by atoms with Crippen molar-refractivity contribution in [1.82, 2.24) is 14.6 Å². The third kappa shape index (κ3) is 3.82. The molecule has 2 heterocycles. The molecule has 0 radical (unpaired) electrons. The number of carbonyl (C=O) groups excluding carboxylic acids is 2. The average Bonchev–Trinajstić information content (AvgIpc) is 3.27. The van der Waals surface area contributed by atoms with Crippen LogP contribution in [0.15, 0.2) is 0 Å². The minimum atomic E-state index is -0.620. The molecule has 8 heteroatoms. The van der Waals surface area contributed by atoms with Crippen molar-refractivity contribution < 1.29 is 19.1 Å². The fourth-order valence-electron chi connectivity index (χ4n) is 4.20. The zero-order valence-electron chi connectivity index (χ0n) is 16.4. The molecule has 0 N–H and O–H groups in total. The minimum Gasteiger partial charge on any atom is -0.459 e. The molecule has 2 aromatic heterocycles. The lowest BCUT2D eigenvalue weighted by atomic mass is 9.98. The fourth-order valence-corrected chi connectivity index (χ4v) is 4.20. The molecule has 0 atom stereocenters. The molecule has 2 fully saturated rings.